The molecule has 1 N–H and O–H groups in total. The van der Waals surface area contributed by atoms with Crippen molar-refractivity contribution in [3.05, 3.63) is 11.6 Å². The topological polar surface area (TPSA) is 18.5 Å². The second-order valence-corrected chi connectivity index (χ2v) is 5.54. The van der Waals surface area contributed by atoms with Gasteiger partial charge in [-0.3, -0.25) is 4.90 Å². The van der Waals surface area contributed by atoms with E-state index in [4.69, 9.17) is 0 Å². The summed E-state index contributed by atoms with van der Waals surface area (Å²) in [6.07, 6.45) is 5.03. The first-order chi connectivity index (χ1) is 8.25. The Labute approximate surface area is 106 Å². The highest BCUT2D eigenvalue weighted by atomic mass is 15.2. The fourth-order valence-electron chi connectivity index (χ4n) is 2.66. The summed E-state index contributed by atoms with van der Waals surface area (Å²) in [5.41, 5.74) is 1.68. The summed E-state index contributed by atoms with van der Waals surface area (Å²) >= 11 is 0. The predicted octanol–water partition coefficient (Wildman–Crippen LogP) is 1.32. The monoisotopic (exact) mass is 237 g/mol. The van der Waals surface area contributed by atoms with Gasteiger partial charge in [-0.05, 0) is 26.7 Å². The fourth-order valence-corrected chi connectivity index (χ4v) is 2.66. The molecule has 3 nitrogen and oxygen atoms in total. The van der Waals surface area contributed by atoms with Crippen LogP contribution in [-0.4, -0.2) is 61.7 Å². The smallest absolute Gasteiger partial charge is 0.0168 e. The van der Waals surface area contributed by atoms with Gasteiger partial charge in [-0.25, -0.2) is 0 Å². The summed E-state index contributed by atoms with van der Waals surface area (Å²) in [5, 5.41) is 3.41. The molecule has 0 atom stereocenters. The Bertz CT molecular complexity index is 254. The fraction of sp³-hybridized carbons (Fsp3) is 0.857. The maximum absolute atomic E-state index is 3.41. The molecule has 0 bridgehead atoms. The molecule has 0 aromatic rings. The van der Waals surface area contributed by atoms with Gasteiger partial charge in [-0.1, -0.05) is 11.6 Å². The first-order valence-corrected chi connectivity index (χ1v) is 7.11. The molecule has 0 aliphatic carbocycles. The van der Waals surface area contributed by atoms with E-state index in [1.54, 1.807) is 5.57 Å². The highest BCUT2D eigenvalue weighted by Gasteiger charge is 2.15. The van der Waals surface area contributed by atoms with Gasteiger partial charge in [-0.15, -0.1) is 0 Å². The Kier molecular flexibility index (Phi) is 5.01. The molecule has 98 valence electrons. The second-order valence-electron chi connectivity index (χ2n) is 5.54. The van der Waals surface area contributed by atoms with Crippen LogP contribution in [0.4, 0.5) is 0 Å². The molecule has 1 saturated heterocycles. The van der Waals surface area contributed by atoms with Crippen LogP contribution in [0.2, 0.25) is 0 Å². The molecule has 3 heteroatoms. The lowest BCUT2D eigenvalue weighted by molar-refractivity contribution is 0.226. The van der Waals surface area contributed by atoms with Crippen LogP contribution in [0, 0.1) is 0 Å². The summed E-state index contributed by atoms with van der Waals surface area (Å²) < 4.78 is 0. The Balaban J connectivity index is 1.69. The Morgan fingerprint density at radius 3 is 2.59 bits per heavy atom. The van der Waals surface area contributed by atoms with Gasteiger partial charge in [0, 0.05) is 51.9 Å². The molecule has 0 amide bonds. The Morgan fingerprint density at radius 2 is 2.00 bits per heavy atom. The maximum atomic E-state index is 3.41. The molecular weight excluding hydrogens is 210 g/mol. The molecule has 2 aliphatic heterocycles. The SMILES string of the molecule is CC(C)N1CC=C(CCN2CCNCC2)CC1. The third-order valence-corrected chi connectivity index (χ3v) is 4.02. The van der Waals surface area contributed by atoms with Crippen molar-refractivity contribution >= 4 is 0 Å². The summed E-state index contributed by atoms with van der Waals surface area (Å²) in [6.45, 7) is 13.0. The van der Waals surface area contributed by atoms with Crippen molar-refractivity contribution in [3.8, 4) is 0 Å². The number of piperazine rings is 1. The maximum Gasteiger partial charge on any atom is 0.0168 e. The molecule has 0 aromatic carbocycles. The van der Waals surface area contributed by atoms with Crippen molar-refractivity contribution in [3.63, 3.8) is 0 Å². The molecule has 0 spiro atoms. The molecule has 2 rings (SSSR count). The third-order valence-electron chi connectivity index (χ3n) is 4.02. The van der Waals surface area contributed by atoms with E-state index in [0.29, 0.717) is 6.04 Å². The third kappa shape index (κ3) is 4.09. The zero-order valence-corrected chi connectivity index (χ0v) is 11.4. The minimum Gasteiger partial charge on any atom is -0.314 e. The van der Waals surface area contributed by atoms with Crippen molar-refractivity contribution < 1.29 is 0 Å². The highest BCUT2D eigenvalue weighted by molar-refractivity contribution is 5.08. The van der Waals surface area contributed by atoms with Crippen molar-refractivity contribution in [2.45, 2.75) is 32.7 Å². The highest BCUT2D eigenvalue weighted by Crippen LogP contribution is 2.16. The van der Waals surface area contributed by atoms with E-state index < -0.39 is 0 Å². The zero-order valence-electron chi connectivity index (χ0n) is 11.4. The van der Waals surface area contributed by atoms with Crippen molar-refractivity contribution in [2.24, 2.45) is 0 Å². The van der Waals surface area contributed by atoms with Crippen LogP contribution < -0.4 is 5.32 Å². The number of hydrogen-bond acceptors (Lipinski definition) is 3. The molecule has 2 aliphatic rings. The van der Waals surface area contributed by atoms with Crippen molar-refractivity contribution in [2.75, 3.05) is 45.8 Å². The van der Waals surface area contributed by atoms with E-state index in [1.807, 2.05) is 0 Å². The zero-order chi connectivity index (χ0) is 12.1. The first kappa shape index (κ1) is 13.1. The van der Waals surface area contributed by atoms with E-state index in [9.17, 15) is 0 Å². The van der Waals surface area contributed by atoms with Crippen LogP contribution in [-0.2, 0) is 0 Å². The quantitative estimate of drug-likeness (QED) is 0.744. The average Bonchev–Trinajstić information content (AvgIpc) is 2.38. The summed E-state index contributed by atoms with van der Waals surface area (Å²) in [7, 11) is 0. The molecule has 0 saturated carbocycles. The van der Waals surface area contributed by atoms with Gasteiger partial charge < -0.3 is 10.2 Å². The predicted molar refractivity (Wildman–Crippen MR) is 73.3 cm³/mol. The number of nitrogens with one attached hydrogen (secondary N) is 1. The number of rotatable bonds is 4. The molecule has 1 fully saturated rings. The Hall–Kier alpha value is -0.380. The largest absolute Gasteiger partial charge is 0.314 e. The molecule has 0 unspecified atom stereocenters. The summed E-state index contributed by atoms with van der Waals surface area (Å²) in [5.74, 6) is 0. The van der Waals surface area contributed by atoms with E-state index in [-0.39, 0.29) is 0 Å². The lowest BCUT2D eigenvalue weighted by Crippen LogP contribution is -2.44. The molecule has 0 aromatic heterocycles. The minimum atomic E-state index is 0.695. The standard InChI is InChI=1S/C14H27N3/c1-13(2)17-9-4-14(5-10-17)3-8-16-11-6-15-7-12-16/h4,13,15H,3,5-12H2,1-2H3. The van der Waals surface area contributed by atoms with Crippen LogP contribution in [0.3, 0.4) is 0 Å². The van der Waals surface area contributed by atoms with E-state index in [0.717, 1.165) is 6.54 Å². The number of hydrogen-bond donors (Lipinski definition) is 1. The van der Waals surface area contributed by atoms with E-state index in [1.165, 1.54) is 52.1 Å². The van der Waals surface area contributed by atoms with Gasteiger partial charge in [0.05, 0.1) is 0 Å². The van der Waals surface area contributed by atoms with Crippen LogP contribution in [0.1, 0.15) is 26.7 Å². The Morgan fingerprint density at radius 1 is 1.24 bits per heavy atom. The van der Waals surface area contributed by atoms with Gasteiger partial charge in [-0.2, -0.15) is 0 Å². The van der Waals surface area contributed by atoms with Gasteiger partial charge >= 0.3 is 0 Å². The van der Waals surface area contributed by atoms with Gasteiger partial charge in [0.1, 0.15) is 0 Å². The second kappa shape index (κ2) is 6.53. The summed E-state index contributed by atoms with van der Waals surface area (Å²) in [6, 6.07) is 0.695. The van der Waals surface area contributed by atoms with Gasteiger partial charge in [0.2, 0.25) is 0 Å². The first-order valence-electron chi connectivity index (χ1n) is 7.11. The van der Waals surface area contributed by atoms with Gasteiger partial charge in [0.15, 0.2) is 0 Å². The molecule has 17 heavy (non-hydrogen) atoms. The van der Waals surface area contributed by atoms with Crippen LogP contribution in [0.25, 0.3) is 0 Å². The average molecular weight is 237 g/mol. The molecule has 0 radical (unpaired) electrons. The number of nitrogens with zero attached hydrogens (tertiary/aromatic N) is 2. The van der Waals surface area contributed by atoms with E-state index in [2.05, 4.69) is 35.0 Å². The lowest BCUT2D eigenvalue weighted by atomic mass is 10.0. The lowest BCUT2D eigenvalue weighted by Gasteiger charge is -2.31. The van der Waals surface area contributed by atoms with Crippen molar-refractivity contribution in [1.29, 1.82) is 0 Å². The van der Waals surface area contributed by atoms with Crippen molar-refractivity contribution in [1.82, 2.24) is 15.1 Å². The van der Waals surface area contributed by atoms with E-state index >= 15 is 0 Å². The van der Waals surface area contributed by atoms with Crippen LogP contribution in [0.5, 0.6) is 0 Å². The van der Waals surface area contributed by atoms with Crippen LogP contribution in [0.15, 0.2) is 11.6 Å². The van der Waals surface area contributed by atoms with Crippen LogP contribution >= 0.6 is 0 Å². The summed E-state index contributed by atoms with van der Waals surface area (Å²) in [4.78, 5) is 5.14. The molecule has 2 heterocycles. The molecular formula is C14H27N3. The minimum absolute atomic E-state index is 0.695. The van der Waals surface area contributed by atoms with Gasteiger partial charge in [0.25, 0.3) is 0 Å². The normalized spacial score (nSPS) is 24.1.